The van der Waals surface area contributed by atoms with E-state index in [2.05, 4.69) is 111 Å². The van der Waals surface area contributed by atoms with E-state index in [9.17, 15) is 4.79 Å². The zero-order valence-electron chi connectivity index (χ0n) is 81.6. The molecule has 0 rings (SSSR count). The number of unbranched alkanes of at least 4 members (excludes halogenated alkanes) is 8. The molecule has 0 bridgehead atoms. The van der Waals surface area contributed by atoms with Gasteiger partial charge in [0.1, 0.15) is 0 Å². The third-order valence-corrected chi connectivity index (χ3v) is 49.3. The zero-order chi connectivity index (χ0) is 93.4. The van der Waals surface area contributed by atoms with Gasteiger partial charge in [0.15, 0.2) is 0 Å². The molecule has 0 spiro atoms. The Balaban J connectivity index is 8.09. The molecule has 0 fully saturated rings. The van der Waals surface area contributed by atoms with Crippen LogP contribution in [0.5, 0.6) is 0 Å². The van der Waals surface area contributed by atoms with Crippen molar-refractivity contribution in [2.45, 2.75) is 408 Å². The Labute approximate surface area is 786 Å². The quantitative estimate of drug-likeness (QED) is 0.0404. The predicted molar refractivity (Wildman–Crippen MR) is 539 cm³/mol. The summed E-state index contributed by atoms with van der Waals surface area (Å²) in [4.78, 5) is 13.0. The van der Waals surface area contributed by atoms with Crippen molar-refractivity contribution in [1.82, 2.24) is 0 Å². The lowest BCUT2D eigenvalue weighted by atomic mass is 10.0. The molecule has 0 saturated heterocycles. The maximum absolute atomic E-state index is 15.9. The largest absolute Gasteiger partial charge is 0.466 e. The number of carbonyl (C=O) groups excluding carboxylic acids is 1. The van der Waals surface area contributed by atoms with Crippen LogP contribution in [-0.2, 0) is 105 Å². The smallest absolute Gasteiger partial charge is 0.389 e. The van der Waals surface area contributed by atoms with E-state index in [0.717, 1.165) is 285 Å². The normalized spacial score (nSPS) is 19.2. The molecule has 0 aliphatic heterocycles. The molecule has 14 atom stereocenters. The van der Waals surface area contributed by atoms with Crippen LogP contribution in [0.1, 0.15) is 371 Å². The van der Waals surface area contributed by atoms with E-state index < -0.39 is 90.2 Å². The molecule has 0 aromatic rings. The summed E-state index contributed by atoms with van der Waals surface area (Å²) in [5, 5.41) is 0. The third kappa shape index (κ3) is 62.7. The van der Waals surface area contributed by atoms with Crippen LogP contribution in [0.25, 0.3) is 0 Å². The minimum Gasteiger partial charge on any atom is -0.466 e. The maximum atomic E-state index is 15.9. The highest BCUT2D eigenvalue weighted by Gasteiger charge is 2.42. The summed E-state index contributed by atoms with van der Waals surface area (Å²) in [5.41, 5.74) is 0. The molecule has 0 aliphatic carbocycles. The fourth-order valence-corrected chi connectivity index (χ4v) is 39.1. The summed E-state index contributed by atoms with van der Waals surface area (Å²) >= 11 is 6.44. The van der Waals surface area contributed by atoms with Crippen molar-refractivity contribution in [3.8, 4) is 0 Å². The van der Waals surface area contributed by atoms with Gasteiger partial charge in [-0.2, -0.15) is 0 Å². The van der Waals surface area contributed by atoms with E-state index in [1.54, 1.807) is 48.5 Å². The maximum Gasteiger partial charge on any atom is 0.389 e. The SMILES string of the molecule is CCCCC(CC)COP(=O)(OCC(CC)CCCC)SCC(C)OP(=O)(OC(C)CSP(=O)(OCC(CC)CCCC)OCC(CC)CCCC)SCC(C)OP(=O)(OC(C)CSP(=O)(OC(C)CSP(=O)(OCC(CC)CCCC)OCC(CC)CCCC)OC(C)CSP(=O)(OCC(CC)CCCC)OCC(CC)CCCC)SCCC(=O)OCC. The number of carbonyl (C=O) groups is 1. The summed E-state index contributed by atoms with van der Waals surface area (Å²) in [6.07, 6.45) is 24.6. The second-order valence-corrected chi connectivity index (χ2v) is 62.1. The van der Waals surface area contributed by atoms with Crippen molar-refractivity contribution in [3.05, 3.63) is 0 Å². The van der Waals surface area contributed by atoms with Crippen molar-refractivity contribution in [3.63, 3.8) is 0 Å². The Morgan fingerprint density at radius 3 is 0.532 bits per heavy atom. The molecule has 23 nitrogen and oxygen atoms in total. The van der Waals surface area contributed by atoms with E-state index >= 15 is 32.0 Å². The molecule has 37 heteroatoms. The van der Waals surface area contributed by atoms with Gasteiger partial charge in [-0.1, -0.05) is 265 Å². The van der Waals surface area contributed by atoms with E-state index in [-0.39, 0.29) is 153 Å². The number of rotatable bonds is 91. The zero-order valence-corrected chi connectivity index (χ0v) is 93.6. The van der Waals surface area contributed by atoms with Crippen LogP contribution in [0.15, 0.2) is 0 Å². The molecule has 0 amide bonds. The van der Waals surface area contributed by atoms with Crippen LogP contribution in [-0.4, -0.2) is 142 Å². The van der Waals surface area contributed by atoms with Crippen LogP contribution < -0.4 is 0 Å². The fourth-order valence-electron chi connectivity index (χ4n) is 12.6. The molecule has 0 N–H and O–H groups in total. The fraction of sp³-hybridized carbons (Fsp3) is 0.989. The van der Waals surface area contributed by atoms with Gasteiger partial charge in [0.25, 0.3) is 0 Å². The first kappa shape index (κ1) is 127. The van der Waals surface area contributed by atoms with Gasteiger partial charge in [0.05, 0.1) is 103 Å². The molecule has 124 heavy (non-hydrogen) atoms. The number of hydrogen-bond donors (Lipinski definition) is 0. The van der Waals surface area contributed by atoms with Gasteiger partial charge < -0.3 is 40.9 Å². The van der Waals surface area contributed by atoms with Gasteiger partial charge in [-0.25, -0.2) is 32.0 Å². The lowest BCUT2D eigenvalue weighted by Gasteiger charge is -2.29. The molecule has 0 aromatic heterocycles. The summed E-state index contributed by atoms with van der Waals surface area (Å²) in [6, 6.07) is 0. The van der Waals surface area contributed by atoms with Gasteiger partial charge >= 0.3 is 53.6 Å². The second-order valence-electron chi connectivity index (χ2n) is 33.5. The standard InChI is InChI=1S/C87H181O23P7S7/c1-24-41-49-79(32-9)59-97-111(89,98-60-80(33-10)50-42-25-2)119-67-73(18)107-116(94,108-74(19)68-120-112(90,99-61-81(34-11)51-43-26-3)100-62-82(35-12)52-44-27-4)123-71-77(22)105-115(93,118-58-57-87(88)96-40-17)106-78(23)72-124-117(95,109-75(20)69-121-113(91,101-63-83(36-13)53-45-28-5)102-64-84(37-14)54-46-29-6)110-76(21)70-122-114(92,103-65-85(38-15)55-47-30-7)104-66-86(39-16)56-48-31-8/h73-86H,24-72H2,1-23H3. The molecule has 0 aromatic carbocycles. The molecule has 14 unspecified atom stereocenters. The Kier molecular flexibility index (Phi) is 77.7. The molecule has 744 valence electrons. The summed E-state index contributed by atoms with van der Waals surface area (Å²) < 4.78 is 203. The van der Waals surface area contributed by atoms with Crippen molar-refractivity contribution >= 4 is 133 Å². The van der Waals surface area contributed by atoms with Gasteiger partial charge in [-0.3, -0.25) is 31.9 Å². The van der Waals surface area contributed by atoms with Crippen molar-refractivity contribution < 1.29 is 105 Å². The van der Waals surface area contributed by atoms with Crippen LogP contribution in [0, 0.1) is 47.3 Å². The van der Waals surface area contributed by atoms with Crippen molar-refractivity contribution in [1.29, 1.82) is 0 Å². The molecule has 0 heterocycles. The van der Waals surface area contributed by atoms with Gasteiger partial charge in [0.2, 0.25) is 0 Å². The Bertz CT molecular complexity index is 2550. The Morgan fingerprint density at radius 1 is 0.234 bits per heavy atom. The number of hydrogen-bond acceptors (Lipinski definition) is 30. The van der Waals surface area contributed by atoms with E-state index in [0.29, 0.717) is 0 Å². The first-order valence-corrected chi connectivity index (χ1v) is 70.1. The number of ether oxygens (including phenoxy) is 1. The predicted octanol–water partition coefficient (Wildman–Crippen LogP) is 34.1. The molecule has 0 saturated carbocycles. The molecular weight excluding hydrogens is 1850 g/mol. The average molecular weight is 2040 g/mol. The van der Waals surface area contributed by atoms with E-state index in [4.69, 9.17) is 68.1 Å². The minimum absolute atomic E-state index is 0.0315. The highest BCUT2D eigenvalue weighted by Crippen LogP contribution is 2.71. The molecular formula is C87H181O23P7S7. The van der Waals surface area contributed by atoms with Gasteiger partial charge in [0, 0.05) is 40.3 Å². The summed E-state index contributed by atoms with van der Waals surface area (Å²) in [6.45, 7) is 19.5. The van der Waals surface area contributed by atoms with Crippen LogP contribution >= 0.6 is 127 Å². The van der Waals surface area contributed by atoms with E-state index in [1.165, 1.54) is 0 Å². The first-order chi connectivity index (χ1) is 59.0. The number of esters is 1. The van der Waals surface area contributed by atoms with Crippen LogP contribution in [0.2, 0.25) is 0 Å². The first-order valence-electron chi connectivity index (χ1n) is 48.1. The monoisotopic (exact) mass is 2030 g/mol. The minimum atomic E-state index is -4.39. The highest BCUT2D eigenvalue weighted by molar-refractivity contribution is 8.57. The summed E-state index contributed by atoms with van der Waals surface area (Å²) in [7, 11) is 0. The Morgan fingerprint density at radius 2 is 0.387 bits per heavy atom. The summed E-state index contributed by atoms with van der Waals surface area (Å²) in [5.74, 6) is 0.599. The average Bonchev–Trinajstić information content (AvgIpc) is 0.810. The molecule has 0 aliphatic rings. The molecule has 0 radical (unpaired) electrons. The highest BCUT2D eigenvalue weighted by atomic mass is 32.7. The van der Waals surface area contributed by atoms with Crippen LogP contribution in [0.3, 0.4) is 0 Å². The van der Waals surface area contributed by atoms with E-state index in [1.807, 2.05) is 0 Å². The van der Waals surface area contributed by atoms with Gasteiger partial charge in [-0.15, -0.1) is 0 Å². The second kappa shape index (κ2) is 75.9. The lowest BCUT2D eigenvalue weighted by Crippen LogP contribution is -2.19. The van der Waals surface area contributed by atoms with Crippen molar-refractivity contribution in [2.24, 2.45) is 47.3 Å². The lowest BCUT2D eigenvalue weighted by molar-refractivity contribution is -0.142. The topological polar surface area (TPSA) is 275 Å². The van der Waals surface area contributed by atoms with Crippen molar-refractivity contribution in [2.75, 3.05) is 99.7 Å². The Hall–Kier alpha value is 2.97. The van der Waals surface area contributed by atoms with Crippen LogP contribution in [0.4, 0.5) is 0 Å². The third-order valence-electron chi connectivity index (χ3n) is 21.6. The van der Waals surface area contributed by atoms with Gasteiger partial charge in [-0.05, 0) is 227 Å².